The van der Waals surface area contributed by atoms with E-state index in [0.29, 0.717) is 12.8 Å². The van der Waals surface area contributed by atoms with E-state index in [9.17, 15) is 9.59 Å². The molecule has 4 nitrogen and oxygen atoms in total. The molecule has 0 rings (SSSR count). The van der Waals surface area contributed by atoms with E-state index >= 15 is 0 Å². The quantitative estimate of drug-likeness (QED) is 0.0223. The molecule has 0 aliphatic carbocycles. The fourth-order valence-electron chi connectivity index (χ4n) is 5.65. The van der Waals surface area contributed by atoms with Crippen molar-refractivity contribution in [1.29, 1.82) is 0 Å². The van der Waals surface area contributed by atoms with Gasteiger partial charge in [-0.05, 0) is 64.2 Å². The van der Waals surface area contributed by atoms with Crippen LogP contribution in [0.3, 0.4) is 0 Å². The zero-order valence-corrected chi connectivity index (χ0v) is 32.6. The summed E-state index contributed by atoms with van der Waals surface area (Å²) < 4.78 is 0.183. The first-order valence-electron chi connectivity index (χ1n) is 19.7. The van der Waals surface area contributed by atoms with Crippen LogP contribution >= 0.6 is 22.6 Å². The van der Waals surface area contributed by atoms with Crippen LogP contribution in [-0.4, -0.2) is 22.4 Å². The summed E-state index contributed by atoms with van der Waals surface area (Å²) in [7, 11) is 0. The van der Waals surface area contributed by atoms with E-state index in [1.807, 2.05) is 0 Å². The lowest BCUT2D eigenvalue weighted by molar-refractivity contribution is -0.122. The van der Waals surface area contributed by atoms with Crippen molar-refractivity contribution in [3.63, 3.8) is 0 Å². The first-order valence-corrected chi connectivity index (χ1v) is 21.0. The maximum absolute atomic E-state index is 12.3. The van der Waals surface area contributed by atoms with Crippen molar-refractivity contribution in [3.05, 3.63) is 36.5 Å². The minimum Gasteiger partial charge on any atom is -0.356 e. The van der Waals surface area contributed by atoms with Gasteiger partial charge in [-0.25, -0.2) is 0 Å². The maximum atomic E-state index is 12.3. The SMILES string of the molecule is CC/C=C\C/C=C\C/C=C\CCCCCCCC(=O)NCCCC[C@@H](I)NC(=O)CCCCCCCCCCCCCCCCC. The van der Waals surface area contributed by atoms with E-state index in [-0.39, 0.29) is 15.9 Å². The lowest BCUT2D eigenvalue weighted by atomic mass is 10.0. The largest absolute Gasteiger partial charge is 0.356 e. The predicted octanol–water partition coefficient (Wildman–Crippen LogP) is 13.0. The molecule has 2 N–H and O–H groups in total. The first kappa shape index (κ1) is 44.9. The molecule has 0 bridgehead atoms. The highest BCUT2D eigenvalue weighted by Crippen LogP contribution is 2.14. The van der Waals surface area contributed by atoms with E-state index in [0.717, 1.165) is 70.8 Å². The number of nitrogens with one attached hydrogen (secondary N) is 2. The summed E-state index contributed by atoms with van der Waals surface area (Å²) in [5.41, 5.74) is 0. The lowest BCUT2D eigenvalue weighted by Crippen LogP contribution is -2.30. The van der Waals surface area contributed by atoms with Gasteiger partial charge in [0, 0.05) is 19.4 Å². The Morgan fingerprint density at radius 3 is 1.52 bits per heavy atom. The van der Waals surface area contributed by atoms with Crippen molar-refractivity contribution in [2.24, 2.45) is 0 Å². The zero-order valence-electron chi connectivity index (χ0n) is 30.4. The van der Waals surface area contributed by atoms with Crippen LogP contribution in [-0.2, 0) is 9.59 Å². The molecule has 0 saturated heterocycles. The summed E-state index contributed by atoms with van der Waals surface area (Å²) in [4.78, 5) is 24.4. The normalized spacial score (nSPS) is 12.5. The minimum absolute atomic E-state index is 0.183. The van der Waals surface area contributed by atoms with Gasteiger partial charge in [0.25, 0.3) is 0 Å². The highest BCUT2D eigenvalue weighted by atomic mass is 127. The molecule has 46 heavy (non-hydrogen) atoms. The van der Waals surface area contributed by atoms with Crippen LogP contribution < -0.4 is 10.6 Å². The molecule has 0 aromatic carbocycles. The van der Waals surface area contributed by atoms with Crippen molar-refractivity contribution < 1.29 is 9.59 Å². The first-order chi connectivity index (χ1) is 22.6. The van der Waals surface area contributed by atoms with Crippen molar-refractivity contribution in [1.82, 2.24) is 10.6 Å². The molecule has 0 aliphatic rings. The molecule has 0 radical (unpaired) electrons. The lowest BCUT2D eigenvalue weighted by Gasteiger charge is -2.12. The molecular formula is C41H75IN2O2. The fourth-order valence-corrected chi connectivity index (χ4v) is 6.43. The van der Waals surface area contributed by atoms with Crippen molar-refractivity contribution in [2.75, 3.05) is 6.54 Å². The van der Waals surface area contributed by atoms with Gasteiger partial charge in [0.2, 0.25) is 11.8 Å². The molecule has 268 valence electrons. The summed E-state index contributed by atoms with van der Waals surface area (Å²) in [5.74, 6) is 0.377. The van der Waals surface area contributed by atoms with Crippen LogP contribution in [0.4, 0.5) is 0 Å². The van der Waals surface area contributed by atoms with Crippen LogP contribution in [0, 0.1) is 0 Å². The van der Waals surface area contributed by atoms with Gasteiger partial charge in [-0.2, -0.15) is 0 Å². The number of rotatable bonds is 35. The second-order valence-electron chi connectivity index (χ2n) is 13.2. The Morgan fingerprint density at radius 1 is 0.522 bits per heavy atom. The second-order valence-corrected chi connectivity index (χ2v) is 14.7. The monoisotopic (exact) mass is 754 g/mol. The summed E-state index contributed by atoms with van der Waals surface area (Å²) in [6.07, 6.45) is 48.1. The van der Waals surface area contributed by atoms with Gasteiger partial charge in [0.15, 0.2) is 0 Å². The number of carbonyl (C=O) groups excluding carboxylic acids is 2. The number of alkyl halides is 1. The van der Waals surface area contributed by atoms with Gasteiger partial charge >= 0.3 is 0 Å². The zero-order chi connectivity index (χ0) is 33.6. The van der Waals surface area contributed by atoms with E-state index in [4.69, 9.17) is 0 Å². The van der Waals surface area contributed by atoms with E-state index in [1.165, 1.54) is 109 Å². The molecule has 5 heteroatoms. The Labute approximate surface area is 300 Å². The number of halogens is 1. The molecule has 0 unspecified atom stereocenters. The molecule has 0 saturated carbocycles. The number of amides is 2. The predicted molar refractivity (Wildman–Crippen MR) is 212 cm³/mol. The van der Waals surface area contributed by atoms with Gasteiger partial charge in [0.1, 0.15) is 0 Å². The highest BCUT2D eigenvalue weighted by Gasteiger charge is 2.08. The highest BCUT2D eigenvalue weighted by molar-refractivity contribution is 14.1. The molecule has 0 spiro atoms. The topological polar surface area (TPSA) is 58.2 Å². The van der Waals surface area contributed by atoms with E-state index in [1.54, 1.807) is 0 Å². The van der Waals surface area contributed by atoms with Gasteiger partial charge in [-0.3, -0.25) is 9.59 Å². The number of unbranched alkanes of at least 4 members (excludes halogenated alkanes) is 20. The van der Waals surface area contributed by atoms with Gasteiger partial charge < -0.3 is 10.6 Å². The standard InChI is InChI=1S/C41H75IN2O2/c1-3-5-7-9-11-13-15-17-19-21-23-25-27-29-31-36-40(45)43-38-34-33-35-39(42)44-41(46)37-32-30-28-26-24-22-20-18-16-14-12-10-8-6-4-2/h5,7,11,13,17,19,39H,3-4,6,8-10,12,14-16,18,20-38H2,1-2H3,(H,43,45)(H,44,46)/b7-5-,13-11-,19-17-/t39-/m0/s1. The van der Waals surface area contributed by atoms with Crippen molar-refractivity contribution in [2.45, 2.75) is 204 Å². The Kier molecular flexibility index (Phi) is 37.4. The Hall–Kier alpha value is -1.11. The number of hydrogen-bond donors (Lipinski definition) is 2. The second kappa shape index (κ2) is 38.3. The van der Waals surface area contributed by atoms with Crippen molar-refractivity contribution in [3.8, 4) is 0 Å². The Balaban J connectivity index is 3.43. The van der Waals surface area contributed by atoms with Crippen molar-refractivity contribution >= 4 is 34.4 Å². The maximum Gasteiger partial charge on any atom is 0.220 e. The molecule has 0 aromatic rings. The van der Waals surface area contributed by atoms with Gasteiger partial charge in [-0.1, -0.05) is 182 Å². The average Bonchev–Trinajstić information content (AvgIpc) is 3.04. The molecule has 0 aliphatic heterocycles. The number of allylic oxidation sites excluding steroid dienone is 6. The molecule has 0 aromatic heterocycles. The van der Waals surface area contributed by atoms with Crippen LogP contribution in [0.5, 0.6) is 0 Å². The van der Waals surface area contributed by atoms with Gasteiger partial charge in [0.05, 0.1) is 4.05 Å². The van der Waals surface area contributed by atoms with Crippen LogP contribution in [0.25, 0.3) is 0 Å². The summed E-state index contributed by atoms with van der Waals surface area (Å²) in [6.45, 7) is 5.19. The van der Waals surface area contributed by atoms with E-state index < -0.39 is 0 Å². The fraction of sp³-hybridized carbons (Fsp3) is 0.805. The third kappa shape index (κ3) is 37.3. The van der Waals surface area contributed by atoms with Crippen LogP contribution in [0.1, 0.15) is 200 Å². The number of carbonyl (C=O) groups is 2. The van der Waals surface area contributed by atoms with E-state index in [2.05, 4.69) is 83.5 Å². The average molecular weight is 755 g/mol. The Bertz CT molecular complexity index is 749. The molecule has 0 fully saturated rings. The van der Waals surface area contributed by atoms with Crippen LogP contribution in [0.15, 0.2) is 36.5 Å². The third-order valence-corrected chi connectivity index (χ3v) is 9.52. The summed E-state index contributed by atoms with van der Waals surface area (Å²) in [6, 6.07) is 0. The molecule has 2 amide bonds. The summed E-state index contributed by atoms with van der Waals surface area (Å²) >= 11 is 2.34. The number of hydrogen-bond acceptors (Lipinski definition) is 2. The minimum atomic E-state index is 0.183. The smallest absolute Gasteiger partial charge is 0.220 e. The molecular weight excluding hydrogens is 679 g/mol. The Morgan fingerprint density at radius 2 is 0.978 bits per heavy atom. The third-order valence-electron chi connectivity index (χ3n) is 8.59. The molecule has 1 atom stereocenters. The molecule has 0 heterocycles. The summed E-state index contributed by atoms with van der Waals surface area (Å²) in [5, 5.41) is 6.22. The van der Waals surface area contributed by atoms with Crippen LogP contribution in [0.2, 0.25) is 0 Å². The van der Waals surface area contributed by atoms with Gasteiger partial charge in [-0.15, -0.1) is 0 Å².